The van der Waals surface area contributed by atoms with E-state index in [2.05, 4.69) is 9.88 Å². The van der Waals surface area contributed by atoms with Crippen LogP contribution in [0.4, 0.5) is 16.2 Å². The van der Waals surface area contributed by atoms with Crippen molar-refractivity contribution in [3.8, 4) is 5.75 Å². The number of hydrogen-bond acceptors (Lipinski definition) is 6. The van der Waals surface area contributed by atoms with E-state index in [1.807, 2.05) is 42.5 Å². The van der Waals surface area contributed by atoms with Crippen molar-refractivity contribution in [3.05, 3.63) is 77.9 Å². The van der Waals surface area contributed by atoms with Gasteiger partial charge in [-0.25, -0.2) is 9.44 Å². The molecule has 5 rings (SSSR count). The second kappa shape index (κ2) is 8.47. The van der Waals surface area contributed by atoms with Crippen LogP contribution in [0.25, 0.3) is 10.8 Å². The molecule has 3 aromatic rings. The van der Waals surface area contributed by atoms with Crippen LogP contribution in [-0.2, 0) is 6.54 Å². The molecule has 8 heteroatoms. The molecule has 8 nitrogen and oxygen atoms in total. The lowest BCUT2D eigenvalue weighted by Gasteiger charge is -2.42. The smallest absolute Gasteiger partial charge is 0.429 e. The highest BCUT2D eigenvalue weighted by atomic mass is 16.6. The van der Waals surface area contributed by atoms with Gasteiger partial charge in [0.05, 0.1) is 26.4 Å². The average molecular weight is 447 g/mol. The van der Waals surface area contributed by atoms with Gasteiger partial charge in [0.1, 0.15) is 11.9 Å². The number of anilines is 1. The maximum absolute atomic E-state index is 14.0. The minimum absolute atomic E-state index is 0.161. The third kappa shape index (κ3) is 3.72. The van der Waals surface area contributed by atoms with Crippen LogP contribution in [0.2, 0.25) is 0 Å². The Morgan fingerprint density at radius 1 is 1.15 bits per heavy atom. The number of nitrogens with zero attached hydrogens (tertiary/aromatic N) is 4. The number of amides is 2. The Hall–Kier alpha value is -3.46. The summed E-state index contributed by atoms with van der Waals surface area (Å²) >= 11 is 0. The SMILES string of the molecule is COc1ccc(CN2CC=C[N+]([O-])(c3cncc4c(N5CC(CO)C5)cccc34)C2=O)cc1. The number of hydroxylamine groups is 2. The van der Waals surface area contributed by atoms with Crippen LogP contribution >= 0.6 is 0 Å². The fraction of sp³-hybridized carbons (Fsp3) is 0.280. The predicted octanol–water partition coefficient (Wildman–Crippen LogP) is 3.63. The molecule has 2 amide bonds. The van der Waals surface area contributed by atoms with E-state index in [9.17, 15) is 15.1 Å². The number of urea groups is 1. The Labute approximate surface area is 192 Å². The normalized spacial score (nSPS) is 20.9. The molecule has 1 saturated heterocycles. The van der Waals surface area contributed by atoms with Crippen molar-refractivity contribution >= 4 is 28.2 Å². The van der Waals surface area contributed by atoms with E-state index < -0.39 is 10.7 Å². The van der Waals surface area contributed by atoms with Gasteiger partial charge < -0.3 is 20.0 Å². The number of methoxy groups -OCH3 is 1. The summed E-state index contributed by atoms with van der Waals surface area (Å²) in [5, 5.41) is 24.9. The van der Waals surface area contributed by atoms with E-state index in [-0.39, 0.29) is 12.5 Å². The van der Waals surface area contributed by atoms with Crippen LogP contribution in [0.15, 0.2) is 67.1 Å². The largest absolute Gasteiger partial charge is 0.613 e. The second-order valence-electron chi connectivity index (χ2n) is 8.54. The van der Waals surface area contributed by atoms with E-state index in [1.165, 1.54) is 12.4 Å². The summed E-state index contributed by atoms with van der Waals surface area (Å²) in [4.78, 5) is 21.5. The van der Waals surface area contributed by atoms with Crippen LogP contribution < -0.4 is 14.3 Å². The monoisotopic (exact) mass is 446 g/mol. The molecule has 1 atom stereocenters. The van der Waals surface area contributed by atoms with Gasteiger partial charge in [0, 0.05) is 48.3 Å². The lowest BCUT2D eigenvalue weighted by atomic mass is 9.98. The maximum Gasteiger partial charge on any atom is 0.429 e. The van der Waals surface area contributed by atoms with Gasteiger partial charge in [-0.15, -0.1) is 0 Å². The number of fused-ring (bicyclic) bond motifs is 1. The zero-order valence-electron chi connectivity index (χ0n) is 18.4. The molecule has 0 radical (unpaired) electrons. The highest BCUT2D eigenvalue weighted by molar-refractivity contribution is 6.05. The molecule has 0 saturated carbocycles. The third-order valence-electron chi connectivity index (χ3n) is 6.40. The number of ether oxygens (including phenoxy) is 1. The molecular weight excluding hydrogens is 420 g/mol. The van der Waals surface area contributed by atoms with Crippen LogP contribution in [0.5, 0.6) is 5.75 Å². The minimum atomic E-state index is -1.22. The maximum atomic E-state index is 14.0. The quantitative estimate of drug-likeness (QED) is 0.460. The van der Waals surface area contributed by atoms with Crippen LogP contribution in [0.3, 0.4) is 0 Å². The number of quaternary nitrogens is 1. The predicted molar refractivity (Wildman–Crippen MR) is 128 cm³/mol. The Morgan fingerprint density at radius 2 is 1.94 bits per heavy atom. The van der Waals surface area contributed by atoms with Crippen molar-refractivity contribution in [3.63, 3.8) is 0 Å². The third-order valence-corrected chi connectivity index (χ3v) is 6.40. The molecule has 0 spiro atoms. The average Bonchev–Trinajstić information content (AvgIpc) is 2.81. The molecular formula is C25H26N4O4. The van der Waals surface area contributed by atoms with Gasteiger partial charge in [0.25, 0.3) is 0 Å². The zero-order chi connectivity index (χ0) is 23.0. The van der Waals surface area contributed by atoms with Gasteiger partial charge in [0.2, 0.25) is 0 Å². The molecule has 170 valence electrons. The van der Waals surface area contributed by atoms with Gasteiger partial charge in [-0.1, -0.05) is 18.2 Å². The first-order valence-electron chi connectivity index (χ1n) is 11.0. The minimum Gasteiger partial charge on any atom is -0.613 e. The van der Waals surface area contributed by atoms with Gasteiger partial charge in [0.15, 0.2) is 5.69 Å². The van der Waals surface area contributed by atoms with Gasteiger partial charge in [-0.2, -0.15) is 0 Å². The molecule has 2 aromatic carbocycles. The van der Waals surface area contributed by atoms with Crippen molar-refractivity contribution in [2.24, 2.45) is 5.92 Å². The Bertz CT molecular complexity index is 1210. The second-order valence-corrected chi connectivity index (χ2v) is 8.54. The summed E-state index contributed by atoms with van der Waals surface area (Å²) in [6, 6.07) is 12.7. The van der Waals surface area contributed by atoms with E-state index in [1.54, 1.807) is 24.3 Å². The van der Waals surface area contributed by atoms with E-state index >= 15 is 0 Å². The molecule has 0 bridgehead atoms. The zero-order valence-corrected chi connectivity index (χ0v) is 18.4. The number of benzene rings is 2. The molecule has 2 aliphatic heterocycles. The number of aromatic nitrogens is 1. The number of hydrogen-bond donors (Lipinski definition) is 1. The highest BCUT2D eigenvalue weighted by Crippen LogP contribution is 2.39. The summed E-state index contributed by atoms with van der Waals surface area (Å²) in [5.41, 5.74) is 2.18. The van der Waals surface area contributed by atoms with E-state index in [0.29, 0.717) is 24.2 Å². The molecule has 0 aliphatic carbocycles. The fourth-order valence-corrected chi connectivity index (χ4v) is 4.53. The van der Waals surface area contributed by atoms with Crippen molar-refractivity contribution in [1.82, 2.24) is 14.5 Å². The van der Waals surface area contributed by atoms with Crippen LogP contribution in [-0.4, -0.2) is 54.4 Å². The summed E-state index contributed by atoms with van der Waals surface area (Å²) in [7, 11) is 1.60. The first kappa shape index (κ1) is 21.4. The molecule has 33 heavy (non-hydrogen) atoms. The van der Waals surface area contributed by atoms with Crippen molar-refractivity contribution in [2.45, 2.75) is 6.54 Å². The number of pyridine rings is 1. The molecule has 1 fully saturated rings. The van der Waals surface area contributed by atoms with Crippen molar-refractivity contribution < 1.29 is 14.6 Å². The molecule has 1 unspecified atom stereocenters. The topological polar surface area (TPSA) is 89.0 Å². The highest BCUT2D eigenvalue weighted by Gasteiger charge is 2.38. The lowest BCUT2D eigenvalue weighted by molar-refractivity contribution is 0.179. The van der Waals surface area contributed by atoms with E-state index in [0.717, 1.165) is 35.5 Å². The summed E-state index contributed by atoms with van der Waals surface area (Å²) in [5.74, 6) is 0.995. The number of carbonyl (C=O) groups excluding carboxylic acids is 1. The van der Waals surface area contributed by atoms with E-state index in [4.69, 9.17) is 4.74 Å². The Morgan fingerprint density at radius 3 is 2.67 bits per heavy atom. The summed E-state index contributed by atoms with van der Waals surface area (Å²) in [6.07, 6.45) is 6.37. The van der Waals surface area contributed by atoms with Crippen molar-refractivity contribution in [1.29, 1.82) is 0 Å². The van der Waals surface area contributed by atoms with Crippen LogP contribution in [0.1, 0.15) is 5.56 Å². The van der Waals surface area contributed by atoms with Crippen molar-refractivity contribution in [2.75, 3.05) is 38.3 Å². The molecule has 3 heterocycles. The Balaban J connectivity index is 1.47. The van der Waals surface area contributed by atoms with Crippen LogP contribution in [0, 0.1) is 11.1 Å². The fourth-order valence-electron chi connectivity index (χ4n) is 4.53. The first-order chi connectivity index (χ1) is 16.0. The number of aliphatic hydroxyl groups excluding tert-OH is 1. The molecule has 1 aromatic heterocycles. The Kier molecular flexibility index (Phi) is 5.49. The first-order valence-corrected chi connectivity index (χ1v) is 11.0. The van der Waals surface area contributed by atoms with Gasteiger partial charge in [-0.3, -0.25) is 9.88 Å². The number of carbonyl (C=O) groups is 1. The van der Waals surface area contributed by atoms with Gasteiger partial charge >= 0.3 is 6.03 Å². The standard InChI is InChI=1S/C25H26N4O4/c1-33-20-8-6-18(7-9-20)14-27-10-3-11-29(32,25(27)31)24-13-26-12-22-21(24)4-2-5-23(22)28-15-19(16-28)17-30/h2-9,11-13,19,30H,10,14-17H2,1H3. The molecule has 2 aliphatic rings. The summed E-state index contributed by atoms with van der Waals surface area (Å²) in [6.45, 7) is 2.37. The number of rotatable bonds is 6. The molecule has 1 N–H and O–H groups in total. The lowest BCUT2D eigenvalue weighted by Crippen LogP contribution is -2.54. The number of aliphatic hydroxyl groups is 1. The summed E-state index contributed by atoms with van der Waals surface area (Å²) < 4.78 is 3.98. The van der Waals surface area contributed by atoms with Gasteiger partial charge in [-0.05, 0) is 35.9 Å².